The van der Waals surface area contributed by atoms with Crippen LogP contribution in [-0.2, 0) is 12.1 Å². The molecule has 0 bridgehead atoms. The van der Waals surface area contributed by atoms with Crippen molar-refractivity contribution in [2.75, 3.05) is 0 Å². The molecule has 1 unspecified atom stereocenters. The third-order valence-electron chi connectivity index (χ3n) is 2.50. The Hall–Kier alpha value is -1.83. The molecule has 2 N–H and O–H groups in total. The smallest absolute Gasteiger partial charge is 0.149 e. The second-order valence-electron chi connectivity index (χ2n) is 3.81. The van der Waals surface area contributed by atoms with Crippen LogP contribution in [0.1, 0.15) is 5.56 Å². The molecule has 2 aromatic rings. The van der Waals surface area contributed by atoms with Crippen LogP contribution in [0.2, 0.25) is 5.02 Å². The lowest BCUT2D eigenvalue weighted by molar-refractivity contribution is 0.442. The first-order chi connectivity index (χ1) is 8.14. The zero-order chi connectivity index (χ0) is 12.3. The van der Waals surface area contributed by atoms with Gasteiger partial charge in [-0.3, -0.25) is 4.68 Å². The fraction of sp³-hybridized carbons (Fsp3) is 0.167. The first-order valence-corrected chi connectivity index (χ1v) is 5.45. The zero-order valence-electron chi connectivity index (χ0n) is 9.05. The van der Waals surface area contributed by atoms with Crippen molar-refractivity contribution in [2.45, 2.75) is 12.1 Å². The van der Waals surface area contributed by atoms with Crippen LogP contribution >= 0.6 is 11.6 Å². The molecule has 1 atom stereocenters. The molecule has 0 saturated heterocycles. The lowest BCUT2D eigenvalue weighted by atomic mass is 9.93. The highest BCUT2D eigenvalue weighted by molar-refractivity contribution is 6.30. The second-order valence-corrected chi connectivity index (χ2v) is 4.24. The van der Waals surface area contributed by atoms with E-state index in [0.29, 0.717) is 5.02 Å². The van der Waals surface area contributed by atoms with Gasteiger partial charge in [-0.05, 0) is 5.56 Å². The van der Waals surface area contributed by atoms with E-state index in [1.165, 1.54) is 6.20 Å². The molecule has 2 rings (SSSR count). The maximum Gasteiger partial charge on any atom is 0.149 e. The summed E-state index contributed by atoms with van der Waals surface area (Å²) < 4.78 is 1.57. The molecule has 0 amide bonds. The summed E-state index contributed by atoms with van der Waals surface area (Å²) in [6.45, 7) is 0.264. The Bertz CT molecular complexity index is 543. The average Bonchev–Trinajstić information content (AvgIpc) is 2.75. The molecule has 0 radical (unpaired) electrons. The van der Waals surface area contributed by atoms with Crippen LogP contribution < -0.4 is 5.73 Å². The quantitative estimate of drug-likeness (QED) is 0.900. The first-order valence-electron chi connectivity index (χ1n) is 5.08. The number of nitrogens with zero attached hydrogens (tertiary/aromatic N) is 3. The lowest BCUT2D eigenvalue weighted by Gasteiger charge is -2.21. The molecule has 0 spiro atoms. The van der Waals surface area contributed by atoms with E-state index in [0.717, 1.165) is 5.56 Å². The van der Waals surface area contributed by atoms with E-state index in [2.05, 4.69) is 11.2 Å². The summed E-state index contributed by atoms with van der Waals surface area (Å²) in [5, 5.41) is 13.8. The Morgan fingerprint density at radius 2 is 2.12 bits per heavy atom. The summed E-state index contributed by atoms with van der Waals surface area (Å²) in [6.07, 6.45) is 3.16. The van der Waals surface area contributed by atoms with E-state index < -0.39 is 5.54 Å². The maximum atomic E-state index is 9.26. The van der Waals surface area contributed by atoms with Gasteiger partial charge in [-0.15, -0.1) is 0 Å². The van der Waals surface area contributed by atoms with Crippen LogP contribution in [0.3, 0.4) is 0 Å². The lowest BCUT2D eigenvalue weighted by Crippen LogP contribution is -2.39. The molecule has 1 heterocycles. The summed E-state index contributed by atoms with van der Waals surface area (Å²) in [6, 6.07) is 11.4. The zero-order valence-corrected chi connectivity index (χ0v) is 9.80. The molecule has 4 nitrogen and oxygen atoms in total. The Balaban J connectivity index is 2.30. The van der Waals surface area contributed by atoms with Crippen molar-refractivity contribution in [3.05, 3.63) is 53.3 Å². The van der Waals surface area contributed by atoms with Crippen molar-refractivity contribution >= 4 is 11.6 Å². The van der Waals surface area contributed by atoms with E-state index in [1.54, 1.807) is 10.9 Å². The number of hydrogen-bond donors (Lipinski definition) is 1. The molecular formula is C12H11ClN4. The van der Waals surface area contributed by atoms with Crippen LogP contribution in [0.4, 0.5) is 0 Å². The van der Waals surface area contributed by atoms with Gasteiger partial charge in [0.2, 0.25) is 0 Å². The predicted octanol–water partition coefficient (Wildman–Crippen LogP) is 1.91. The number of hydrogen-bond acceptors (Lipinski definition) is 3. The average molecular weight is 247 g/mol. The van der Waals surface area contributed by atoms with E-state index >= 15 is 0 Å². The normalized spacial score (nSPS) is 13.9. The fourth-order valence-corrected chi connectivity index (χ4v) is 1.76. The third-order valence-corrected chi connectivity index (χ3v) is 2.70. The third kappa shape index (κ3) is 2.47. The number of aromatic nitrogens is 2. The molecule has 1 aromatic heterocycles. The minimum absolute atomic E-state index is 0.264. The van der Waals surface area contributed by atoms with Crippen molar-refractivity contribution in [3.63, 3.8) is 0 Å². The van der Waals surface area contributed by atoms with Gasteiger partial charge >= 0.3 is 0 Å². The number of nitrogens with two attached hydrogens (primary N) is 1. The van der Waals surface area contributed by atoms with Crippen molar-refractivity contribution < 1.29 is 0 Å². The van der Waals surface area contributed by atoms with Gasteiger partial charge in [0.1, 0.15) is 5.54 Å². The highest BCUT2D eigenvalue weighted by Gasteiger charge is 2.28. The van der Waals surface area contributed by atoms with Crippen LogP contribution in [0, 0.1) is 11.3 Å². The number of nitriles is 1. The van der Waals surface area contributed by atoms with Crippen LogP contribution in [0.5, 0.6) is 0 Å². The second kappa shape index (κ2) is 4.58. The van der Waals surface area contributed by atoms with Gasteiger partial charge in [-0.25, -0.2) is 0 Å². The summed E-state index contributed by atoms with van der Waals surface area (Å²) in [5.41, 5.74) is 5.75. The largest absolute Gasteiger partial charge is 0.308 e. The van der Waals surface area contributed by atoms with Crippen molar-refractivity contribution in [1.82, 2.24) is 9.78 Å². The Labute approximate surface area is 104 Å². The van der Waals surface area contributed by atoms with Crippen molar-refractivity contribution in [1.29, 1.82) is 5.26 Å². The van der Waals surface area contributed by atoms with Crippen molar-refractivity contribution in [3.8, 4) is 6.07 Å². The highest BCUT2D eigenvalue weighted by Crippen LogP contribution is 2.20. The highest BCUT2D eigenvalue weighted by atomic mass is 35.5. The molecule has 17 heavy (non-hydrogen) atoms. The topological polar surface area (TPSA) is 67.6 Å². The SMILES string of the molecule is N#CC(N)(Cn1cc(Cl)cn1)c1ccccc1. The molecule has 0 aliphatic heterocycles. The number of benzene rings is 1. The molecule has 5 heteroatoms. The van der Waals surface area contributed by atoms with Gasteiger partial charge < -0.3 is 5.73 Å². The van der Waals surface area contributed by atoms with Gasteiger partial charge in [0.15, 0.2) is 0 Å². The first kappa shape index (κ1) is 11.6. The number of rotatable bonds is 3. The van der Waals surface area contributed by atoms with E-state index in [-0.39, 0.29) is 6.54 Å². The molecule has 0 saturated carbocycles. The summed E-state index contributed by atoms with van der Waals surface area (Å²) in [4.78, 5) is 0. The van der Waals surface area contributed by atoms with Crippen LogP contribution in [-0.4, -0.2) is 9.78 Å². The van der Waals surface area contributed by atoms with Gasteiger partial charge in [0.05, 0.1) is 23.8 Å². The molecule has 1 aromatic carbocycles. The van der Waals surface area contributed by atoms with Crippen LogP contribution in [0.15, 0.2) is 42.7 Å². The van der Waals surface area contributed by atoms with E-state index in [9.17, 15) is 5.26 Å². The van der Waals surface area contributed by atoms with Gasteiger partial charge in [-0.1, -0.05) is 41.9 Å². The molecule has 86 valence electrons. The summed E-state index contributed by atoms with van der Waals surface area (Å²) >= 11 is 5.77. The van der Waals surface area contributed by atoms with Gasteiger partial charge in [-0.2, -0.15) is 10.4 Å². The Morgan fingerprint density at radius 1 is 1.41 bits per heavy atom. The minimum atomic E-state index is -1.10. The summed E-state index contributed by atoms with van der Waals surface area (Å²) in [7, 11) is 0. The summed E-state index contributed by atoms with van der Waals surface area (Å²) in [5.74, 6) is 0. The fourth-order valence-electron chi connectivity index (χ4n) is 1.61. The monoisotopic (exact) mass is 246 g/mol. The van der Waals surface area contributed by atoms with Crippen molar-refractivity contribution in [2.24, 2.45) is 5.73 Å². The van der Waals surface area contributed by atoms with Gasteiger partial charge in [0, 0.05) is 6.20 Å². The van der Waals surface area contributed by atoms with E-state index in [1.807, 2.05) is 30.3 Å². The standard InChI is InChI=1S/C12H11ClN4/c13-11-6-16-17(7-11)9-12(15,8-14)10-4-2-1-3-5-10/h1-7H,9,15H2. The van der Waals surface area contributed by atoms with Gasteiger partial charge in [0.25, 0.3) is 0 Å². The number of halogens is 1. The van der Waals surface area contributed by atoms with E-state index in [4.69, 9.17) is 17.3 Å². The predicted molar refractivity (Wildman–Crippen MR) is 65.2 cm³/mol. The minimum Gasteiger partial charge on any atom is -0.308 e. The molecule has 0 aliphatic carbocycles. The molecular weight excluding hydrogens is 236 g/mol. The Morgan fingerprint density at radius 3 is 2.65 bits per heavy atom. The Kier molecular flexibility index (Phi) is 3.14. The maximum absolute atomic E-state index is 9.26. The molecule has 0 fully saturated rings. The van der Waals surface area contributed by atoms with Crippen LogP contribution in [0.25, 0.3) is 0 Å². The molecule has 0 aliphatic rings.